The highest BCUT2D eigenvalue weighted by atomic mass is 16.5. The van der Waals surface area contributed by atoms with Gasteiger partial charge in [0.1, 0.15) is 5.82 Å². The predicted molar refractivity (Wildman–Crippen MR) is 91.3 cm³/mol. The van der Waals surface area contributed by atoms with E-state index in [1.807, 2.05) is 18.5 Å². The minimum atomic E-state index is 0.298. The summed E-state index contributed by atoms with van der Waals surface area (Å²) in [6, 6.07) is 8.39. The number of aryl methyl sites for hydroxylation is 1. The minimum absolute atomic E-state index is 0.298. The molecule has 1 saturated heterocycles. The lowest BCUT2D eigenvalue weighted by atomic mass is 10.0. The smallest absolute Gasteiger partial charge is 0.140 e. The highest BCUT2D eigenvalue weighted by Crippen LogP contribution is 2.29. The Bertz CT molecular complexity index is 818. The van der Waals surface area contributed by atoms with E-state index in [1.54, 1.807) is 0 Å². The monoisotopic (exact) mass is 307 g/mol. The summed E-state index contributed by atoms with van der Waals surface area (Å²) in [5.74, 6) is 0.997. The van der Waals surface area contributed by atoms with Crippen molar-refractivity contribution in [1.29, 1.82) is 0 Å². The molecule has 3 heterocycles. The zero-order valence-electron chi connectivity index (χ0n) is 13.4. The lowest BCUT2D eigenvalue weighted by molar-refractivity contribution is 0.00624. The minimum Gasteiger partial charge on any atom is -0.376 e. The van der Waals surface area contributed by atoms with Gasteiger partial charge in [-0.15, -0.1) is 0 Å². The van der Waals surface area contributed by atoms with E-state index >= 15 is 0 Å². The molecule has 1 atom stereocenters. The molecule has 23 heavy (non-hydrogen) atoms. The van der Waals surface area contributed by atoms with Crippen LogP contribution in [0.1, 0.15) is 24.8 Å². The maximum absolute atomic E-state index is 5.89. The van der Waals surface area contributed by atoms with Crippen molar-refractivity contribution >= 4 is 10.9 Å². The van der Waals surface area contributed by atoms with Crippen molar-refractivity contribution < 1.29 is 4.74 Å². The maximum Gasteiger partial charge on any atom is 0.140 e. The number of rotatable bonds is 3. The van der Waals surface area contributed by atoms with E-state index in [0.717, 1.165) is 41.9 Å². The largest absolute Gasteiger partial charge is 0.376 e. The van der Waals surface area contributed by atoms with Gasteiger partial charge < -0.3 is 9.30 Å². The first-order chi connectivity index (χ1) is 11.3. The highest BCUT2D eigenvalue weighted by Gasteiger charge is 2.17. The number of hydrogen-bond donors (Lipinski definition) is 0. The van der Waals surface area contributed by atoms with Gasteiger partial charge >= 0.3 is 0 Å². The molecule has 0 spiro atoms. The number of aromatic nitrogens is 3. The summed E-state index contributed by atoms with van der Waals surface area (Å²) in [7, 11) is 0. The zero-order chi connectivity index (χ0) is 15.6. The molecule has 4 nitrogen and oxygen atoms in total. The number of nitrogens with zero attached hydrogens (tertiary/aromatic N) is 3. The summed E-state index contributed by atoms with van der Waals surface area (Å²) in [6.07, 6.45) is 9.64. The molecule has 3 aromatic rings. The van der Waals surface area contributed by atoms with Crippen LogP contribution in [-0.4, -0.2) is 27.2 Å². The van der Waals surface area contributed by atoms with Gasteiger partial charge in [0.2, 0.25) is 0 Å². The molecule has 1 aliphatic rings. The summed E-state index contributed by atoms with van der Waals surface area (Å²) < 4.78 is 8.10. The van der Waals surface area contributed by atoms with Crippen molar-refractivity contribution in [2.45, 2.75) is 38.8 Å². The number of pyridine rings is 1. The number of fused-ring (bicyclic) bond motifs is 1. The predicted octanol–water partition coefficient (Wildman–Crippen LogP) is 3.98. The lowest BCUT2D eigenvalue weighted by Gasteiger charge is -2.23. The Balaban J connectivity index is 1.74. The van der Waals surface area contributed by atoms with Gasteiger partial charge in [-0.1, -0.05) is 18.2 Å². The van der Waals surface area contributed by atoms with Crippen LogP contribution in [0.4, 0.5) is 0 Å². The van der Waals surface area contributed by atoms with Crippen molar-refractivity contribution in [3.8, 4) is 11.4 Å². The molecule has 1 fully saturated rings. The summed E-state index contributed by atoms with van der Waals surface area (Å²) in [6.45, 7) is 3.85. The van der Waals surface area contributed by atoms with Crippen LogP contribution < -0.4 is 0 Å². The zero-order valence-corrected chi connectivity index (χ0v) is 13.4. The van der Waals surface area contributed by atoms with Crippen molar-refractivity contribution in [2.75, 3.05) is 6.61 Å². The van der Waals surface area contributed by atoms with E-state index in [9.17, 15) is 0 Å². The highest BCUT2D eigenvalue weighted by molar-refractivity contribution is 5.94. The molecule has 2 aromatic heterocycles. The molecule has 4 heteroatoms. The second-order valence-electron chi connectivity index (χ2n) is 6.22. The van der Waals surface area contributed by atoms with E-state index < -0.39 is 0 Å². The average Bonchev–Trinajstić information content (AvgIpc) is 3.04. The summed E-state index contributed by atoms with van der Waals surface area (Å²) in [5.41, 5.74) is 3.38. The van der Waals surface area contributed by atoms with Crippen molar-refractivity contribution in [3.63, 3.8) is 0 Å². The van der Waals surface area contributed by atoms with Gasteiger partial charge in [0, 0.05) is 36.1 Å². The van der Waals surface area contributed by atoms with Crippen LogP contribution in [0.5, 0.6) is 0 Å². The van der Waals surface area contributed by atoms with Gasteiger partial charge in [-0.25, -0.2) is 4.98 Å². The van der Waals surface area contributed by atoms with E-state index in [-0.39, 0.29) is 0 Å². The first kappa shape index (κ1) is 14.4. The fourth-order valence-corrected chi connectivity index (χ4v) is 3.38. The third-order valence-corrected chi connectivity index (χ3v) is 4.60. The summed E-state index contributed by atoms with van der Waals surface area (Å²) >= 11 is 0. The summed E-state index contributed by atoms with van der Waals surface area (Å²) in [4.78, 5) is 9.15. The van der Waals surface area contributed by atoms with Crippen LogP contribution in [0.15, 0.2) is 42.9 Å². The van der Waals surface area contributed by atoms with Crippen molar-refractivity contribution in [2.24, 2.45) is 0 Å². The van der Waals surface area contributed by atoms with Crippen LogP contribution >= 0.6 is 0 Å². The SMILES string of the molecule is Cc1ccc(-c2nccn2CC2CCCCO2)c2cccnc12. The number of hydrogen-bond acceptors (Lipinski definition) is 3. The van der Waals surface area contributed by atoms with Crippen molar-refractivity contribution in [1.82, 2.24) is 14.5 Å². The second kappa shape index (κ2) is 6.13. The van der Waals surface area contributed by atoms with Crippen LogP contribution in [0, 0.1) is 6.92 Å². The molecule has 0 N–H and O–H groups in total. The number of benzene rings is 1. The Kier molecular flexibility index (Phi) is 3.83. The molecule has 1 aliphatic heterocycles. The van der Waals surface area contributed by atoms with Crippen LogP contribution in [0.3, 0.4) is 0 Å². The molecule has 0 radical (unpaired) electrons. The van der Waals surface area contributed by atoms with Gasteiger partial charge in [-0.05, 0) is 37.8 Å². The van der Waals surface area contributed by atoms with Crippen molar-refractivity contribution in [3.05, 3.63) is 48.4 Å². The lowest BCUT2D eigenvalue weighted by Crippen LogP contribution is -2.24. The molecule has 1 unspecified atom stereocenters. The topological polar surface area (TPSA) is 39.9 Å². The van der Waals surface area contributed by atoms with E-state index in [4.69, 9.17) is 4.74 Å². The Hall–Kier alpha value is -2.20. The normalized spacial score (nSPS) is 18.4. The fourth-order valence-electron chi connectivity index (χ4n) is 3.38. The van der Waals surface area contributed by atoms with Crippen LogP contribution in [0.25, 0.3) is 22.3 Å². The molecule has 0 amide bonds. The van der Waals surface area contributed by atoms with Crippen LogP contribution in [0.2, 0.25) is 0 Å². The Morgan fingerprint density at radius 3 is 3.00 bits per heavy atom. The molecular weight excluding hydrogens is 286 g/mol. The molecule has 0 saturated carbocycles. The number of imidazole rings is 1. The second-order valence-corrected chi connectivity index (χ2v) is 6.22. The Labute approximate surface area is 136 Å². The first-order valence-electron chi connectivity index (χ1n) is 8.30. The molecular formula is C19H21N3O. The van der Waals surface area contributed by atoms with Crippen LogP contribution in [-0.2, 0) is 11.3 Å². The molecule has 118 valence electrons. The molecule has 1 aromatic carbocycles. The van der Waals surface area contributed by atoms with E-state index in [0.29, 0.717) is 6.10 Å². The first-order valence-corrected chi connectivity index (χ1v) is 8.30. The molecule has 0 bridgehead atoms. The average molecular weight is 307 g/mol. The standard InChI is InChI=1S/C19H21N3O/c1-14-7-8-17(16-6-4-9-20-18(14)16)19-21-10-11-22(19)13-15-5-2-3-12-23-15/h4,6-11,15H,2-3,5,12-13H2,1H3. The van der Waals surface area contributed by atoms with Gasteiger partial charge in [-0.3, -0.25) is 4.98 Å². The van der Waals surface area contributed by atoms with Gasteiger partial charge in [0.05, 0.1) is 18.2 Å². The Morgan fingerprint density at radius 2 is 2.13 bits per heavy atom. The third kappa shape index (κ3) is 2.75. The third-order valence-electron chi connectivity index (χ3n) is 4.60. The molecule has 0 aliphatic carbocycles. The maximum atomic E-state index is 5.89. The fraction of sp³-hybridized carbons (Fsp3) is 0.368. The number of ether oxygens (including phenoxy) is 1. The molecule has 4 rings (SSSR count). The van der Waals surface area contributed by atoms with E-state index in [1.165, 1.54) is 18.4 Å². The van der Waals surface area contributed by atoms with Gasteiger partial charge in [0.25, 0.3) is 0 Å². The van der Waals surface area contributed by atoms with Gasteiger partial charge in [0.15, 0.2) is 0 Å². The quantitative estimate of drug-likeness (QED) is 0.735. The van der Waals surface area contributed by atoms with Gasteiger partial charge in [-0.2, -0.15) is 0 Å². The summed E-state index contributed by atoms with van der Waals surface area (Å²) in [5, 5.41) is 1.16. The Morgan fingerprint density at radius 1 is 1.17 bits per heavy atom. The van der Waals surface area contributed by atoms with E-state index in [2.05, 4.69) is 45.9 Å².